The van der Waals surface area contributed by atoms with Gasteiger partial charge in [0.1, 0.15) is 11.3 Å². The van der Waals surface area contributed by atoms with Crippen molar-refractivity contribution >= 4 is 17.0 Å². The summed E-state index contributed by atoms with van der Waals surface area (Å²) >= 11 is 0. The van der Waals surface area contributed by atoms with Crippen LogP contribution in [-0.4, -0.2) is 32.6 Å². The van der Waals surface area contributed by atoms with Crippen molar-refractivity contribution in [1.82, 2.24) is 24.8 Å². The number of imidazole rings is 1. The van der Waals surface area contributed by atoms with Crippen molar-refractivity contribution in [2.75, 3.05) is 18.8 Å². The number of hydrogen-bond donors (Lipinski definition) is 2. The molecule has 0 spiro atoms. The Labute approximate surface area is 150 Å². The minimum absolute atomic E-state index is 0.459. The van der Waals surface area contributed by atoms with Crippen LogP contribution in [0.1, 0.15) is 11.5 Å². The van der Waals surface area contributed by atoms with Crippen LogP contribution in [0.5, 0.6) is 0 Å². The number of benzene rings is 1. The molecule has 1 saturated heterocycles. The monoisotopic (exact) mass is 342 g/mol. The summed E-state index contributed by atoms with van der Waals surface area (Å²) in [4.78, 5) is 13.5. The third-order valence-corrected chi connectivity index (χ3v) is 4.90. The third-order valence-electron chi connectivity index (χ3n) is 4.90. The van der Waals surface area contributed by atoms with Crippen LogP contribution in [0.4, 0.5) is 5.82 Å². The van der Waals surface area contributed by atoms with Crippen LogP contribution >= 0.6 is 0 Å². The smallest absolute Gasteiger partial charge is 0.164 e. The molecule has 0 amide bonds. The average molecular weight is 342 g/mol. The predicted molar refractivity (Wildman–Crippen MR) is 102 cm³/mol. The molecule has 0 aliphatic carbocycles. The van der Waals surface area contributed by atoms with Gasteiger partial charge in [-0.05, 0) is 42.0 Å². The van der Waals surface area contributed by atoms with Crippen LogP contribution in [0, 0.1) is 0 Å². The molecule has 6 nitrogen and oxygen atoms in total. The van der Waals surface area contributed by atoms with Gasteiger partial charge in [-0.1, -0.05) is 12.1 Å². The second kappa shape index (κ2) is 5.93. The van der Waals surface area contributed by atoms with Gasteiger partial charge in [0.25, 0.3) is 0 Å². The number of anilines is 1. The molecule has 0 saturated carbocycles. The van der Waals surface area contributed by atoms with E-state index >= 15 is 0 Å². The lowest BCUT2D eigenvalue weighted by atomic mass is 9.94. The highest BCUT2D eigenvalue weighted by atomic mass is 15.1. The Morgan fingerprint density at radius 1 is 0.962 bits per heavy atom. The summed E-state index contributed by atoms with van der Waals surface area (Å²) < 4.78 is 2.05. The Hall–Kier alpha value is -3.25. The molecule has 3 aromatic heterocycles. The van der Waals surface area contributed by atoms with Crippen molar-refractivity contribution in [3.05, 3.63) is 66.5 Å². The largest absolute Gasteiger partial charge is 0.383 e. The SMILES string of the molecule is Nc1ncccc1-c1nc2cccnc2n1-c1ccc(C2CNC2)cc1. The van der Waals surface area contributed by atoms with Crippen molar-refractivity contribution < 1.29 is 0 Å². The number of fused-ring (bicyclic) bond motifs is 1. The zero-order valence-electron chi connectivity index (χ0n) is 14.1. The molecule has 4 heterocycles. The summed E-state index contributed by atoms with van der Waals surface area (Å²) in [5.74, 6) is 1.82. The molecule has 1 aliphatic rings. The molecule has 3 N–H and O–H groups in total. The number of rotatable bonds is 3. The first-order valence-electron chi connectivity index (χ1n) is 8.66. The highest BCUT2D eigenvalue weighted by Gasteiger charge is 2.20. The number of nitrogens with one attached hydrogen (secondary N) is 1. The van der Waals surface area contributed by atoms with Crippen molar-refractivity contribution in [3.8, 4) is 17.1 Å². The van der Waals surface area contributed by atoms with Crippen LogP contribution in [0.3, 0.4) is 0 Å². The summed E-state index contributed by atoms with van der Waals surface area (Å²) in [6.45, 7) is 2.10. The van der Waals surface area contributed by atoms with Gasteiger partial charge in [0, 0.05) is 37.1 Å². The lowest BCUT2D eigenvalue weighted by Gasteiger charge is -2.27. The zero-order chi connectivity index (χ0) is 17.5. The highest BCUT2D eigenvalue weighted by Crippen LogP contribution is 2.30. The van der Waals surface area contributed by atoms with Crippen molar-refractivity contribution in [3.63, 3.8) is 0 Å². The fourth-order valence-corrected chi connectivity index (χ4v) is 3.36. The number of nitrogen functional groups attached to an aromatic ring is 1. The Morgan fingerprint density at radius 3 is 2.46 bits per heavy atom. The van der Waals surface area contributed by atoms with Crippen LogP contribution in [0.25, 0.3) is 28.2 Å². The fourth-order valence-electron chi connectivity index (χ4n) is 3.36. The van der Waals surface area contributed by atoms with E-state index in [4.69, 9.17) is 10.7 Å². The van der Waals surface area contributed by atoms with Gasteiger partial charge in [0.2, 0.25) is 0 Å². The summed E-state index contributed by atoms with van der Waals surface area (Å²) in [5.41, 5.74) is 10.9. The van der Waals surface area contributed by atoms with Crippen molar-refractivity contribution in [2.45, 2.75) is 5.92 Å². The summed E-state index contributed by atoms with van der Waals surface area (Å²) in [6.07, 6.45) is 3.47. The Kier molecular flexibility index (Phi) is 3.43. The number of nitrogens with zero attached hydrogens (tertiary/aromatic N) is 4. The maximum atomic E-state index is 6.12. The Bertz CT molecular complexity index is 1080. The molecule has 26 heavy (non-hydrogen) atoms. The van der Waals surface area contributed by atoms with E-state index in [0.29, 0.717) is 11.7 Å². The van der Waals surface area contributed by atoms with Gasteiger partial charge in [-0.15, -0.1) is 0 Å². The van der Waals surface area contributed by atoms with E-state index in [0.717, 1.165) is 41.3 Å². The van der Waals surface area contributed by atoms with E-state index in [1.165, 1.54) is 5.56 Å². The normalized spacial score (nSPS) is 14.5. The molecule has 0 bridgehead atoms. The molecule has 0 unspecified atom stereocenters. The van der Waals surface area contributed by atoms with Gasteiger partial charge >= 0.3 is 0 Å². The van der Waals surface area contributed by atoms with Gasteiger partial charge in [0.05, 0.1) is 5.56 Å². The molecule has 0 radical (unpaired) electrons. The average Bonchev–Trinajstić information content (AvgIpc) is 3.01. The number of hydrogen-bond acceptors (Lipinski definition) is 5. The minimum atomic E-state index is 0.459. The first-order chi connectivity index (χ1) is 12.8. The molecule has 128 valence electrons. The van der Waals surface area contributed by atoms with Crippen LogP contribution in [0.2, 0.25) is 0 Å². The molecule has 5 rings (SSSR count). The van der Waals surface area contributed by atoms with Crippen LogP contribution < -0.4 is 11.1 Å². The van der Waals surface area contributed by atoms with Gasteiger partial charge in [-0.25, -0.2) is 15.0 Å². The van der Waals surface area contributed by atoms with Crippen molar-refractivity contribution in [2.24, 2.45) is 0 Å². The molecule has 1 aliphatic heterocycles. The molecule has 6 heteroatoms. The quantitative estimate of drug-likeness (QED) is 0.598. The predicted octanol–water partition coefficient (Wildman–Crippen LogP) is 2.75. The first kappa shape index (κ1) is 15.0. The number of pyridine rings is 2. The zero-order valence-corrected chi connectivity index (χ0v) is 14.1. The molecular weight excluding hydrogens is 324 g/mol. The standard InChI is InChI=1S/C20H18N6/c21-18-16(3-1-9-23-18)19-25-17-4-2-10-24-20(17)26(19)15-7-5-13(6-8-15)14-11-22-12-14/h1-10,14,22H,11-12H2,(H2,21,23). The van der Waals surface area contributed by atoms with Crippen LogP contribution in [-0.2, 0) is 0 Å². The molecule has 4 aromatic rings. The minimum Gasteiger partial charge on any atom is -0.383 e. The molecule has 1 aromatic carbocycles. The Balaban J connectivity index is 1.71. The summed E-state index contributed by atoms with van der Waals surface area (Å²) in [7, 11) is 0. The third kappa shape index (κ3) is 2.34. The van der Waals surface area contributed by atoms with Gasteiger partial charge < -0.3 is 11.1 Å². The molecule has 1 fully saturated rings. The second-order valence-corrected chi connectivity index (χ2v) is 6.50. The van der Waals surface area contributed by atoms with E-state index in [-0.39, 0.29) is 0 Å². The highest BCUT2D eigenvalue weighted by molar-refractivity contribution is 5.82. The van der Waals surface area contributed by atoms with E-state index in [1.54, 1.807) is 12.4 Å². The lowest BCUT2D eigenvalue weighted by Crippen LogP contribution is -2.39. The van der Waals surface area contributed by atoms with Gasteiger partial charge in [-0.2, -0.15) is 0 Å². The summed E-state index contributed by atoms with van der Waals surface area (Å²) in [5, 5.41) is 3.32. The number of aromatic nitrogens is 4. The first-order valence-corrected chi connectivity index (χ1v) is 8.66. The molecular formula is C20H18N6. The maximum Gasteiger partial charge on any atom is 0.164 e. The van der Waals surface area contributed by atoms with Gasteiger partial charge in [-0.3, -0.25) is 4.57 Å². The maximum absolute atomic E-state index is 6.12. The van der Waals surface area contributed by atoms with Crippen molar-refractivity contribution in [1.29, 1.82) is 0 Å². The second-order valence-electron chi connectivity index (χ2n) is 6.50. The van der Waals surface area contributed by atoms with E-state index in [2.05, 4.69) is 39.6 Å². The Morgan fingerprint density at radius 2 is 1.73 bits per heavy atom. The number of nitrogens with two attached hydrogens (primary N) is 1. The van der Waals surface area contributed by atoms with E-state index < -0.39 is 0 Å². The van der Waals surface area contributed by atoms with Crippen LogP contribution in [0.15, 0.2) is 60.9 Å². The van der Waals surface area contributed by atoms with E-state index in [9.17, 15) is 0 Å². The molecule has 0 atom stereocenters. The lowest BCUT2D eigenvalue weighted by molar-refractivity contribution is 0.448. The fraction of sp³-hybridized carbons (Fsp3) is 0.150. The topological polar surface area (TPSA) is 81.7 Å². The van der Waals surface area contributed by atoms with Gasteiger partial charge in [0.15, 0.2) is 11.5 Å². The van der Waals surface area contributed by atoms with E-state index in [1.807, 2.05) is 28.8 Å². The summed E-state index contributed by atoms with van der Waals surface area (Å²) in [6, 6.07) is 16.3.